The smallest absolute Gasteiger partial charge is 0.135 e. The number of nitrogens with zero attached hydrogens (tertiary/aromatic N) is 2. The van der Waals surface area contributed by atoms with Crippen molar-refractivity contribution < 1.29 is 4.42 Å². The molecule has 0 aliphatic heterocycles. The number of fused-ring (bicyclic) bond motifs is 9. The molecule has 0 radical (unpaired) electrons. The Morgan fingerprint density at radius 3 is 1.88 bits per heavy atom. The Bertz CT molecular complexity index is 3370. The van der Waals surface area contributed by atoms with Gasteiger partial charge < -0.3 is 13.6 Å². The highest BCUT2D eigenvalue weighted by molar-refractivity contribution is 6.11. The molecule has 0 N–H and O–H groups in total. The molecule has 59 heavy (non-hydrogen) atoms. The normalized spacial score (nSPS) is 16.5. The van der Waals surface area contributed by atoms with Crippen molar-refractivity contribution in [3.8, 4) is 33.6 Å². The van der Waals surface area contributed by atoms with Gasteiger partial charge in [0.15, 0.2) is 0 Å². The van der Waals surface area contributed by atoms with Gasteiger partial charge in [-0.2, -0.15) is 0 Å². The number of benzene rings is 7. The molecule has 2 aliphatic carbocycles. The fraction of sp³-hybridized carbons (Fsp3) is 0.107. The lowest BCUT2D eigenvalue weighted by molar-refractivity contribution is 0.669. The lowest BCUT2D eigenvalue weighted by Crippen LogP contribution is -2.06. The summed E-state index contributed by atoms with van der Waals surface area (Å²) in [7, 11) is 0. The number of furan rings is 1. The van der Waals surface area contributed by atoms with E-state index in [2.05, 4.69) is 205 Å². The lowest BCUT2D eigenvalue weighted by atomic mass is 9.89. The highest BCUT2D eigenvalue weighted by Crippen LogP contribution is 2.42. The summed E-state index contributed by atoms with van der Waals surface area (Å²) in [5.74, 6) is 0.984. The van der Waals surface area contributed by atoms with Crippen molar-refractivity contribution in [2.75, 3.05) is 0 Å². The molecule has 7 aromatic carbocycles. The molecule has 3 nitrogen and oxygen atoms in total. The molecule has 0 saturated carbocycles. The van der Waals surface area contributed by atoms with Gasteiger partial charge in [-0.25, -0.2) is 0 Å². The van der Waals surface area contributed by atoms with Crippen LogP contribution in [0.3, 0.4) is 0 Å². The predicted molar refractivity (Wildman–Crippen MR) is 249 cm³/mol. The van der Waals surface area contributed by atoms with E-state index in [4.69, 9.17) is 4.42 Å². The molecule has 3 heteroatoms. The van der Waals surface area contributed by atoms with Crippen LogP contribution in [0, 0.1) is 11.8 Å². The van der Waals surface area contributed by atoms with E-state index in [0.717, 1.165) is 40.5 Å². The summed E-state index contributed by atoms with van der Waals surface area (Å²) in [5, 5.41) is 6.09. The van der Waals surface area contributed by atoms with E-state index in [1.54, 1.807) is 0 Å². The Balaban J connectivity index is 1.01. The number of aromatic nitrogens is 2. The van der Waals surface area contributed by atoms with Gasteiger partial charge in [-0.1, -0.05) is 117 Å². The molecule has 3 heterocycles. The minimum Gasteiger partial charge on any atom is -0.456 e. The van der Waals surface area contributed by atoms with Crippen LogP contribution in [0.2, 0.25) is 0 Å². The Kier molecular flexibility index (Phi) is 7.62. The lowest BCUT2D eigenvalue weighted by Gasteiger charge is -2.20. The fourth-order valence-electron chi connectivity index (χ4n) is 9.93. The first-order chi connectivity index (χ1) is 29.0. The van der Waals surface area contributed by atoms with Gasteiger partial charge in [0.05, 0.1) is 16.6 Å². The summed E-state index contributed by atoms with van der Waals surface area (Å²) in [4.78, 5) is 0. The Labute approximate surface area is 343 Å². The van der Waals surface area contributed by atoms with Gasteiger partial charge in [-0.15, -0.1) is 0 Å². The predicted octanol–water partition coefficient (Wildman–Crippen LogP) is 15.1. The first kappa shape index (κ1) is 34.0. The van der Waals surface area contributed by atoms with Gasteiger partial charge in [-0.3, -0.25) is 0 Å². The summed E-state index contributed by atoms with van der Waals surface area (Å²) in [5.41, 5.74) is 18.0. The van der Waals surface area contributed by atoms with Crippen molar-refractivity contribution in [3.63, 3.8) is 0 Å². The zero-order valence-corrected chi connectivity index (χ0v) is 33.2. The molecule has 10 aromatic rings. The van der Waals surface area contributed by atoms with Crippen LogP contribution >= 0.6 is 0 Å². The molecule has 2 aliphatic rings. The average Bonchev–Trinajstić information content (AvgIpc) is 3.93. The van der Waals surface area contributed by atoms with Crippen molar-refractivity contribution in [2.24, 2.45) is 11.8 Å². The van der Waals surface area contributed by atoms with Crippen LogP contribution in [0.4, 0.5) is 0 Å². The van der Waals surface area contributed by atoms with Gasteiger partial charge in [0.2, 0.25) is 0 Å². The van der Waals surface area contributed by atoms with Gasteiger partial charge in [0.25, 0.3) is 0 Å². The topological polar surface area (TPSA) is 23.0 Å². The zero-order valence-electron chi connectivity index (χ0n) is 33.2. The number of allylic oxidation sites excluding steroid dienone is 5. The number of hydrogen-bond donors (Lipinski definition) is 0. The summed E-state index contributed by atoms with van der Waals surface area (Å²) in [6.07, 6.45) is 13.6. The van der Waals surface area contributed by atoms with Crippen LogP contribution in [0.1, 0.15) is 37.1 Å². The molecular formula is C56H42N2O. The highest BCUT2D eigenvalue weighted by Gasteiger charge is 2.23. The molecule has 0 bridgehead atoms. The maximum atomic E-state index is 6.47. The molecule has 282 valence electrons. The minimum atomic E-state index is 0.467. The standard InChI is InChI=1S/C56H42N2O/c1-35-11-10-14-38(27-35)42-29-41(37-12-4-3-5-13-37)30-44(31-42)58-53-23-19-36(2)28-47(53)48-32-39(20-24-54(48)58)40-21-25-55-49(33-40)50-34-43(22-26-56(50)59-55)57-51-17-8-6-15-45(51)46-16-7-9-18-52(46)57/h3-26,29-36H,27-28H2,1-2H3. The van der Waals surface area contributed by atoms with Crippen LogP contribution in [0.15, 0.2) is 180 Å². The minimum absolute atomic E-state index is 0.467. The molecule has 12 rings (SSSR count). The number of para-hydroxylation sites is 2. The average molecular weight is 759 g/mol. The van der Waals surface area contributed by atoms with Crippen LogP contribution in [-0.4, -0.2) is 9.13 Å². The first-order valence-electron chi connectivity index (χ1n) is 20.9. The van der Waals surface area contributed by atoms with Gasteiger partial charge in [-0.05, 0) is 143 Å². The third-order valence-electron chi connectivity index (χ3n) is 12.8. The number of rotatable bonds is 5. The summed E-state index contributed by atoms with van der Waals surface area (Å²) in [6, 6.07) is 55.8. The van der Waals surface area contributed by atoms with E-state index in [0.29, 0.717) is 11.8 Å². The van der Waals surface area contributed by atoms with E-state index >= 15 is 0 Å². The Morgan fingerprint density at radius 2 is 1.10 bits per heavy atom. The zero-order chi connectivity index (χ0) is 39.2. The van der Waals surface area contributed by atoms with Gasteiger partial charge in [0, 0.05) is 44.0 Å². The molecule has 2 unspecified atom stereocenters. The molecule has 0 amide bonds. The van der Waals surface area contributed by atoms with Crippen molar-refractivity contribution in [3.05, 3.63) is 193 Å². The van der Waals surface area contributed by atoms with Crippen LogP contribution in [-0.2, 0) is 6.42 Å². The Hall–Kier alpha value is -7.10. The molecular weight excluding hydrogens is 717 g/mol. The highest BCUT2D eigenvalue weighted by atomic mass is 16.3. The van der Waals surface area contributed by atoms with Crippen molar-refractivity contribution in [1.82, 2.24) is 9.13 Å². The van der Waals surface area contributed by atoms with E-state index in [-0.39, 0.29) is 0 Å². The second-order valence-corrected chi connectivity index (χ2v) is 16.7. The van der Waals surface area contributed by atoms with Crippen LogP contribution in [0.5, 0.6) is 0 Å². The van der Waals surface area contributed by atoms with Crippen LogP contribution in [0.25, 0.3) is 99.9 Å². The monoisotopic (exact) mass is 758 g/mol. The third kappa shape index (κ3) is 5.49. The van der Waals surface area contributed by atoms with Crippen molar-refractivity contribution in [2.45, 2.75) is 26.7 Å². The molecule has 2 atom stereocenters. The molecule has 0 saturated heterocycles. The molecule has 3 aromatic heterocycles. The SMILES string of the molecule is CC1C=CC=C(c2cc(-c3ccccc3)cc(-n3c4c(c5cc(-c6ccc7oc8ccc(-n9c%10ccccc%10c%10ccccc%109)cc8c7c6)ccc53)CC(C)C=C4)c2)C1. The van der Waals surface area contributed by atoms with E-state index in [1.807, 2.05) is 0 Å². The summed E-state index contributed by atoms with van der Waals surface area (Å²) in [6.45, 7) is 4.64. The van der Waals surface area contributed by atoms with Crippen LogP contribution < -0.4 is 0 Å². The summed E-state index contributed by atoms with van der Waals surface area (Å²) >= 11 is 0. The second kappa shape index (κ2) is 13.2. The van der Waals surface area contributed by atoms with Crippen molar-refractivity contribution in [1.29, 1.82) is 0 Å². The Morgan fingerprint density at radius 1 is 0.458 bits per heavy atom. The third-order valence-corrected chi connectivity index (χ3v) is 12.8. The summed E-state index contributed by atoms with van der Waals surface area (Å²) < 4.78 is 11.4. The maximum Gasteiger partial charge on any atom is 0.135 e. The van der Waals surface area contributed by atoms with E-state index in [1.165, 1.54) is 83.0 Å². The van der Waals surface area contributed by atoms with E-state index in [9.17, 15) is 0 Å². The molecule has 0 fully saturated rings. The van der Waals surface area contributed by atoms with E-state index < -0.39 is 0 Å². The number of hydrogen-bond acceptors (Lipinski definition) is 1. The first-order valence-corrected chi connectivity index (χ1v) is 20.9. The largest absolute Gasteiger partial charge is 0.456 e. The van der Waals surface area contributed by atoms with Gasteiger partial charge >= 0.3 is 0 Å². The quantitative estimate of drug-likeness (QED) is 0.171. The van der Waals surface area contributed by atoms with Gasteiger partial charge in [0.1, 0.15) is 11.2 Å². The molecule has 0 spiro atoms. The van der Waals surface area contributed by atoms with Crippen molar-refractivity contribution >= 4 is 66.3 Å². The maximum absolute atomic E-state index is 6.47. The second-order valence-electron chi connectivity index (χ2n) is 16.7. The fourth-order valence-corrected chi connectivity index (χ4v) is 9.93.